The van der Waals surface area contributed by atoms with Crippen molar-refractivity contribution in [3.8, 4) is 0 Å². The van der Waals surface area contributed by atoms with E-state index in [-0.39, 0.29) is 5.91 Å². The van der Waals surface area contributed by atoms with Gasteiger partial charge in [0.15, 0.2) is 0 Å². The molecule has 1 aromatic heterocycles. The van der Waals surface area contributed by atoms with Crippen molar-refractivity contribution in [2.45, 2.75) is 32.9 Å². The Morgan fingerprint density at radius 1 is 1.17 bits per heavy atom. The van der Waals surface area contributed by atoms with E-state index < -0.39 is 0 Å². The zero-order valence-electron chi connectivity index (χ0n) is 13.8. The summed E-state index contributed by atoms with van der Waals surface area (Å²) in [5, 5.41) is 4.25. The van der Waals surface area contributed by atoms with Crippen LogP contribution in [0.4, 0.5) is 0 Å². The van der Waals surface area contributed by atoms with Crippen LogP contribution in [-0.2, 0) is 24.3 Å². The Morgan fingerprint density at radius 2 is 2.00 bits per heavy atom. The molecule has 0 fully saturated rings. The molecule has 2 aromatic carbocycles. The molecule has 0 bridgehead atoms. The van der Waals surface area contributed by atoms with Crippen LogP contribution in [0.2, 0.25) is 0 Å². The first-order valence-corrected chi connectivity index (χ1v) is 9.04. The number of para-hydroxylation sites is 1. The van der Waals surface area contributed by atoms with Crippen molar-refractivity contribution in [1.82, 2.24) is 9.88 Å². The average Bonchev–Trinajstić information content (AvgIpc) is 2.96. The standard InChI is InChI=1S/C20H21BrN2O/c1-2-23-14-16(18-8-3-4-9-19(18)23)10-11-20(24)22-13-15-6-5-7-17(21)12-15/h3-9,12,14H,2,10-11,13H2,1H3,(H,22,24). The number of aromatic nitrogens is 1. The molecule has 0 spiro atoms. The first-order valence-electron chi connectivity index (χ1n) is 8.25. The Hall–Kier alpha value is -2.07. The summed E-state index contributed by atoms with van der Waals surface area (Å²) < 4.78 is 3.27. The maximum Gasteiger partial charge on any atom is 0.220 e. The van der Waals surface area contributed by atoms with Gasteiger partial charge in [0.1, 0.15) is 0 Å². The molecular formula is C20H21BrN2O. The van der Waals surface area contributed by atoms with E-state index in [1.807, 2.05) is 24.3 Å². The molecule has 0 aliphatic carbocycles. The predicted octanol–water partition coefficient (Wildman–Crippen LogP) is 4.67. The number of carbonyl (C=O) groups excluding carboxylic acids is 1. The smallest absolute Gasteiger partial charge is 0.220 e. The number of halogens is 1. The fourth-order valence-corrected chi connectivity index (χ4v) is 3.41. The normalized spacial score (nSPS) is 10.9. The summed E-state index contributed by atoms with van der Waals surface area (Å²) in [6.07, 6.45) is 3.44. The number of hydrogen-bond acceptors (Lipinski definition) is 1. The number of carbonyl (C=O) groups is 1. The highest BCUT2D eigenvalue weighted by Gasteiger charge is 2.09. The van der Waals surface area contributed by atoms with Gasteiger partial charge >= 0.3 is 0 Å². The lowest BCUT2D eigenvalue weighted by Gasteiger charge is -2.05. The number of aryl methyl sites for hydroxylation is 2. The Labute approximate surface area is 150 Å². The molecule has 4 heteroatoms. The number of benzene rings is 2. The van der Waals surface area contributed by atoms with Gasteiger partial charge in [-0.1, -0.05) is 46.3 Å². The van der Waals surface area contributed by atoms with E-state index in [1.165, 1.54) is 16.5 Å². The Bertz CT molecular complexity index is 854. The first kappa shape index (κ1) is 16.8. The van der Waals surface area contributed by atoms with Crippen molar-refractivity contribution in [2.24, 2.45) is 0 Å². The van der Waals surface area contributed by atoms with E-state index in [0.717, 1.165) is 23.0 Å². The van der Waals surface area contributed by atoms with Crippen molar-refractivity contribution >= 4 is 32.7 Å². The zero-order valence-corrected chi connectivity index (χ0v) is 15.3. The van der Waals surface area contributed by atoms with Crippen LogP contribution in [-0.4, -0.2) is 10.5 Å². The molecule has 124 valence electrons. The SMILES string of the molecule is CCn1cc(CCC(=O)NCc2cccc(Br)c2)c2ccccc21. The first-order chi connectivity index (χ1) is 11.7. The van der Waals surface area contributed by atoms with Crippen LogP contribution in [0.15, 0.2) is 59.2 Å². The van der Waals surface area contributed by atoms with Crippen molar-refractivity contribution in [2.75, 3.05) is 0 Å². The van der Waals surface area contributed by atoms with Crippen LogP contribution in [0.5, 0.6) is 0 Å². The van der Waals surface area contributed by atoms with Crippen molar-refractivity contribution in [1.29, 1.82) is 0 Å². The Kier molecular flexibility index (Phi) is 5.36. The van der Waals surface area contributed by atoms with Gasteiger partial charge in [-0.3, -0.25) is 4.79 Å². The molecule has 0 unspecified atom stereocenters. The van der Waals surface area contributed by atoms with Crippen LogP contribution in [0.25, 0.3) is 10.9 Å². The summed E-state index contributed by atoms with van der Waals surface area (Å²) in [6.45, 7) is 3.64. The highest BCUT2D eigenvalue weighted by molar-refractivity contribution is 9.10. The second-order valence-electron chi connectivity index (χ2n) is 5.86. The van der Waals surface area contributed by atoms with Gasteiger partial charge < -0.3 is 9.88 Å². The van der Waals surface area contributed by atoms with Crippen LogP contribution < -0.4 is 5.32 Å². The third kappa shape index (κ3) is 3.88. The van der Waals surface area contributed by atoms with Gasteiger partial charge in [0, 0.05) is 41.1 Å². The van der Waals surface area contributed by atoms with E-state index in [1.54, 1.807) is 0 Å². The lowest BCUT2D eigenvalue weighted by molar-refractivity contribution is -0.121. The van der Waals surface area contributed by atoms with E-state index in [2.05, 4.69) is 63.2 Å². The minimum Gasteiger partial charge on any atom is -0.352 e. The molecule has 3 nitrogen and oxygen atoms in total. The summed E-state index contributed by atoms with van der Waals surface area (Å²) in [6, 6.07) is 16.4. The average molecular weight is 385 g/mol. The predicted molar refractivity (Wildman–Crippen MR) is 102 cm³/mol. The molecule has 0 aliphatic heterocycles. The zero-order chi connectivity index (χ0) is 16.9. The van der Waals surface area contributed by atoms with E-state index in [9.17, 15) is 4.79 Å². The number of nitrogens with zero attached hydrogens (tertiary/aromatic N) is 1. The Balaban J connectivity index is 1.60. The fourth-order valence-electron chi connectivity index (χ4n) is 2.97. The molecule has 1 N–H and O–H groups in total. The van der Waals surface area contributed by atoms with Gasteiger partial charge in [0.2, 0.25) is 5.91 Å². The molecule has 3 aromatic rings. The molecule has 1 heterocycles. The molecule has 24 heavy (non-hydrogen) atoms. The lowest BCUT2D eigenvalue weighted by Crippen LogP contribution is -2.22. The van der Waals surface area contributed by atoms with E-state index >= 15 is 0 Å². The Morgan fingerprint density at radius 3 is 2.79 bits per heavy atom. The number of rotatable bonds is 6. The molecule has 0 aliphatic rings. The van der Waals surface area contributed by atoms with Gasteiger partial charge in [-0.2, -0.15) is 0 Å². The summed E-state index contributed by atoms with van der Waals surface area (Å²) in [5.41, 5.74) is 3.58. The highest BCUT2D eigenvalue weighted by Crippen LogP contribution is 2.22. The molecule has 0 atom stereocenters. The monoisotopic (exact) mass is 384 g/mol. The largest absolute Gasteiger partial charge is 0.352 e. The lowest BCUT2D eigenvalue weighted by atomic mass is 10.1. The van der Waals surface area contributed by atoms with Crippen LogP contribution in [0.1, 0.15) is 24.5 Å². The second kappa shape index (κ2) is 7.67. The molecular weight excluding hydrogens is 364 g/mol. The summed E-state index contributed by atoms with van der Waals surface area (Å²) in [4.78, 5) is 12.2. The molecule has 1 amide bonds. The summed E-state index contributed by atoms with van der Waals surface area (Å²) >= 11 is 3.45. The fraction of sp³-hybridized carbons (Fsp3) is 0.250. The highest BCUT2D eigenvalue weighted by atomic mass is 79.9. The third-order valence-electron chi connectivity index (χ3n) is 4.21. The number of hydrogen-bond donors (Lipinski definition) is 1. The van der Waals surface area contributed by atoms with Gasteiger partial charge in [-0.05, 0) is 42.7 Å². The van der Waals surface area contributed by atoms with Gasteiger partial charge in [-0.15, -0.1) is 0 Å². The maximum absolute atomic E-state index is 12.2. The minimum absolute atomic E-state index is 0.0864. The van der Waals surface area contributed by atoms with Gasteiger partial charge in [-0.25, -0.2) is 0 Å². The van der Waals surface area contributed by atoms with Crippen LogP contribution in [0, 0.1) is 0 Å². The summed E-state index contributed by atoms with van der Waals surface area (Å²) in [7, 11) is 0. The molecule has 3 rings (SSSR count). The number of nitrogens with one attached hydrogen (secondary N) is 1. The van der Waals surface area contributed by atoms with Gasteiger partial charge in [0.25, 0.3) is 0 Å². The topological polar surface area (TPSA) is 34.0 Å². The number of fused-ring (bicyclic) bond motifs is 1. The minimum atomic E-state index is 0.0864. The molecule has 0 saturated carbocycles. The van der Waals surface area contributed by atoms with Gasteiger partial charge in [0.05, 0.1) is 0 Å². The van der Waals surface area contributed by atoms with E-state index in [0.29, 0.717) is 13.0 Å². The maximum atomic E-state index is 12.2. The molecule has 0 radical (unpaired) electrons. The quantitative estimate of drug-likeness (QED) is 0.657. The number of amides is 1. The summed E-state index contributed by atoms with van der Waals surface area (Å²) in [5.74, 6) is 0.0864. The van der Waals surface area contributed by atoms with Crippen molar-refractivity contribution < 1.29 is 4.79 Å². The molecule has 0 saturated heterocycles. The second-order valence-corrected chi connectivity index (χ2v) is 6.78. The van der Waals surface area contributed by atoms with Crippen molar-refractivity contribution in [3.05, 3.63) is 70.3 Å². The third-order valence-corrected chi connectivity index (χ3v) is 4.71. The van der Waals surface area contributed by atoms with E-state index in [4.69, 9.17) is 0 Å². The van der Waals surface area contributed by atoms with Crippen molar-refractivity contribution in [3.63, 3.8) is 0 Å². The van der Waals surface area contributed by atoms with Crippen LogP contribution >= 0.6 is 15.9 Å². The van der Waals surface area contributed by atoms with Crippen LogP contribution in [0.3, 0.4) is 0 Å².